The number of aromatic nitrogens is 1. The molecule has 1 heterocycles. The molecule has 0 bridgehead atoms. The predicted octanol–water partition coefficient (Wildman–Crippen LogP) is 3.73. The lowest BCUT2D eigenvalue weighted by Gasteiger charge is -2.09. The molecule has 24 heavy (non-hydrogen) atoms. The summed E-state index contributed by atoms with van der Waals surface area (Å²) in [5.41, 5.74) is 3.73. The van der Waals surface area contributed by atoms with E-state index in [1.54, 1.807) is 25.4 Å². The highest BCUT2D eigenvalue weighted by Crippen LogP contribution is 2.22. The van der Waals surface area contributed by atoms with Crippen LogP contribution in [-0.2, 0) is 9.84 Å². The molecule has 1 aromatic heterocycles. The second-order valence-corrected chi connectivity index (χ2v) is 9.00. The molecule has 3 aromatic rings. The van der Waals surface area contributed by atoms with Crippen LogP contribution in [-0.4, -0.2) is 24.6 Å². The maximum Gasteiger partial charge on any atom is 0.255 e. The van der Waals surface area contributed by atoms with Gasteiger partial charge in [0.15, 0.2) is 9.84 Å². The third-order valence-corrected chi connectivity index (χ3v) is 6.62. The van der Waals surface area contributed by atoms with E-state index in [0.717, 1.165) is 10.2 Å². The van der Waals surface area contributed by atoms with Gasteiger partial charge in [-0.25, -0.2) is 13.4 Å². The van der Waals surface area contributed by atoms with Gasteiger partial charge in [0.25, 0.3) is 5.91 Å². The van der Waals surface area contributed by atoms with E-state index in [1.807, 2.05) is 12.1 Å². The van der Waals surface area contributed by atoms with Crippen LogP contribution in [0.15, 0.2) is 52.9 Å². The molecule has 1 N–H and O–H groups in total. The van der Waals surface area contributed by atoms with Gasteiger partial charge < -0.3 is 5.32 Å². The summed E-state index contributed by atoms with van der Waals surface area (Å²) in [5, 5.41) is 2.31. The monoisotopic (exact) mass is 360 g/mol. The minimum atomic E-state index is -3.33. The number of hydrogen-bond acceptors (Lipinski definition) is 5. The van der Waals surface area contributed by atoms with E-state index in [0.29, 0.717) is 11.3 Å². The van der Waals surface area contributed by atoms with E-state index >= 15 is 0 Å². The van der Waals surface area contributed by atoms with Crippen molar-refractivity contribution in [3.63, 3.8) is 0 Å². The van der Waals surface area contributed by atoms with Gasteiger partial charge in [-0.2, -0.15) is 0 Å². The smallest absolute Gasteiger partial charge is 0.255 e. The zero-order chi connectivity index (χ0) is 17.3. The Morgan fingerprint density at radius 1 is 1.12 bits per heavy atom. The molecule has 5 nitrogen and oxygen atoms in total. The molecule has 0 fully saturated rings. The number of hydrogen-bond donors (Lipinski definition) is 1. The van der Waals surface area contributed by atoms with Crippen molar-refractivity contribution in [1.82, 2.24) is 4.98 Å². The molecule has 124 valence electrons. The Morgan fingerprint density at radius 2 is 1.83 bits per heavy atom. The lowest BCUT2D eigenvalue weighted by atomic mass is 10.2. The highest BCUT2D eigenvalue weighted by Gasteiger charge is 2.19. The summed E-state index contributed by atoms with van der Waals surface area (Å²) in [6.07, 6.45) is 0. The Hall–Kier alpha value is -2.25. The van der Waals surface area contributed by atoms with Crippen molar-refractivity contribution < 1.29 is 13.2 Å². The maximum atomic E-state index is 12.3. The summed E-state index contributed by atoms with van der Waals surface area (Å²) in [5.74, 6) is -0.285. The lowest BCUT2D eigenvalue weighted by Crippen LogP contribution is -2.15. The molecule has 0 spiro atoms. The zero-order valence-corrected chi connectivity index (χ0v) is 14.8. The predicted molar refractivity (Wildman–Crippen MR) is 96.3 cm³/mol. The number of sulfone groups is 1. The quantitative estimate of drug-likeness (QED) is 0.769. The highest BCUT2D eigenvalue weighted by atomic mass is 32.2. The zero-order valence-electron chi connectivity index (χ0n) is 13.2. The first-order valence-corrected chi connectivity index (χ1v) is 9.79. The third-order valence-electron chi connectivity index (χ3n) is 3.65. The van der Waals surface area contributed by atoms with Gasteiger partial charge in [-0.15, -0.1) is 11.3 Å². The van der Waals surface area contributed by atoms with Crippen LogP contribution in [0, 0.1) is 0 Å². The highest BCUT2D eigenvalue weighted by molar-refractivity contribution is 7.92. The Kier molecular flexibility index (Phi) is 4.38. The van der Waals surface area contributed by atoms with Crippen molar-refractivity contribution in [2.24, 2.45) is 0 Å². The van der Waals surface area contributed by atoms with Gasteiger partial charge in [0.2, 0.25) is 0 Å². The van der Waals surface area contributed by atoms with Crippen molar-refractivity contribution in [2.75, 3.05) is 5.32 Å². The number of rotatable bonds is 4. The van der Waals surface area contributed by atoms with E-state index in [1.165, 1.54) is 35.6 Å². The number of carbonyl (C=O) groups is 1. The summed E-state index contributed by atoms with van der Waals surface area (Å²) in [6, 6.07) is 11.5. The van der Waals surface area contributed by atoms with Gasteiger partial charge in [-0.05, 0) is 56.3 Å². The largest absolute Gasteiger partial charge is 0.322 e. The van der Waals surface area contributed by atoms with Gasteiger partial charge in [-0.1, -0.05) is 0 Å². The van der Waals surface area contributed by atoms with Gasteiger partial charge >= 0.3 is 0 Å². The van der Waals surface area contributed by atoms with Crippen LogP contribution in [0.3, 0.4) is 0 Å². The average Bonchev–Trinajstić information content (AvgIpc) is 3.02. The summed E-state index contributed by atoms with van der Waals surface area (Å²) >= 11 is 1.50. The SMILES string of the molecule is CC(C)S(=O)(=O)c1ccc(C(=O)Nc2ccc3ncsc3c2)cc1. The standard InChI is InChI=1S/C17H16N2O3S2/c1-11(2)24(21,22)14-6-3-12(4-7-14)17(20)19-13-5-8-15-16(9-13)23-10-18-15/h3-11H,1-2H3,(H,19,20). The second-order valence-electron chi connectivity index (χ2n) is 5.61. The minimum absolute atomic E-state index is 0.222. The van der Waals surface area contributed by atoms with Gasteiger partial charge in [-0.3, -0.25) is 4.79 Å². The van der Waals surface area contributed by atoms with Crippen LogP contribution in [0.5, 0.6) is 0 Å². The lowest BCUT2D eigenvalue weighted by molar-refractivity contribution is 0.102. The second kappa shape index (κ2) is 6.33. The Labute approximate surface area is 144 Å². The molecule has 0 unspecified atom stereocenters. The summed E-state index contributed by atoms with van der Waals surface area (Å²) in [4.78, 5) is 16.7. The average molecular weight is 360 g/mol. The van der Waals surface area contributed by atoms with Gasteiger partial charge in [0.05, 0.1) is 25.9 Å². The maximum absolute atomic E-state index is 12.3. The molecule has 0 atom stereocenters. The van der Waals surface area contributed by atoms with Crippen molar-refractivity contribution in [2.45, 2.75) is 24.0 Å². The molecule has 3 rings (SSSR count). The third kappa shape index (κ3) is 3.18. The molecule has 1 amide bonds. The van der Waals surface area contributed by atoms with Crippen molar-refractivity contribution >= 4 is 43.0 Å². The fraction of sp³-hybridized carbons (Fsp3) is 0.176. The van der Waals surface area contributed by atoms with Crippen molar-refractivity contribution in [1.29, 1.82) is 0 Å². The molecule has 0 saturated heterocycles. The normalized spacial score (nSPS) is 11.8. The number of nitrogens with one attached hydrogen (secondary N) is 1. The molecule has 2 aromatic carbocycles. The van der Waals surface area contributed by atoms with Crippen LogP contribution in [0.4, 0.5) is 5.69 Å². The fourth-order valence-electron chi connectivity index (χ4n) is 2.20. The number of thiazole rings is 1. The van der Waals surface area contributed by atoms with Crippen LogP contribution in [0.1, 0.15) is 24.2 Å². The van der Waals surface area contributed by atoms with E-state index in [9.17, 15) is 13.2 Å². The summed E-state index contributed by atoms with van der Waals surface area (Å²) < 4.78 is 25.2. The summed E-state index contributed by atoms with van der Waals surface area (Å²) in [6.45, 7) is 3.26. The molecule has 0 aliphatic heterocycles. The first kappa shape index (κ1) is 16.6. The molecular weight excluding hydrogens is 344 g/mol. The Bertz CT molecular complexity index is 990. The summed E-state index contributed by atoms with van der Waals surface area (Å²) in [7, 11) is -3.33. The van der Waals surface area contributed by atoms with Crippen molar-refractivity contribution in [3.05, 3.63) is 53.5 Å². The molecule has 0 saturated carbocycles. The molecule has 0 radical (unpaired) electrons. The van der Waals surface area contributed by atoms with Crippen LogP contribution >= 0.6 is 11.3 Å². The Balaban J connectivity index is 1.80. The number of carbonyl (C=O) groups excluding carboxylic acids is 1. The van der Waals surface area contributed by atoms with Crippen LogP contribution in [0.25, 0.3) is 10.2 Å². The van der Waals surface area contributed by atoms with Crippen molar-refractivity contribution in [3.8, 4) is 0 Å². The number of fused-ring (bicyclic) bond motifs is 1. The minimum Gasteiger partial charge on any atom is -0.322 e. The molecule has 7 heteroatoms. The van der Waals surface area contributed by atoms with E-state index in [4.69, 9.17) is 0 Å². The topological polar surface area (TPSA) is 76.1 Å². The van der Waals surface area contributed by atoms with E-state index < -0.39 is 15.1 Å². The van der Waals surface area contributed by atoms with Crippen LogP contribution in [0.2, 0.25) is 0 Å². The van der Waals surface area contributed by atoms with E-state index in [2.05, 4.69) is 10.3 Å². The number of nitrogens with zero attached hydrogens (tertiary/aromatic N) is 1. The number of amides is 1. The number of anilines is 1. The fourth-order valence-corrected chi connectivity index (χ4v) is 3.98. The molecule has 0 aliphatic carbocycles. The van der Waals surface area contributed by atoms with Gasteiger partial charge in [0.1, 0.15) is 0 Å². The van der Waals surface area contributed by atoms with Crippen LogP contribution < -0.4 is 5.32 Å². The Morgan fingerprint density at radius 3 is 2.50 bits per heavy atom. The van der Waals surface area contributed by atoms with E-state index in [-0.39, 0.29) is 10.8 Å². The van der Waals surface area contributed by atoms with Gasteiger partial charge in [0, 0.05) is 11.3 Å². The first-order valence-electron chi connectivity index (χ1n) is 7.36. The molecular formula is C17H16N2O3S2. The first-order chi connectivity index (χ1) is 11.4. The number of benzene rings is 2. The molecule has 0 aliphatic rings.